The van der Waals surface area contributed by atoms with Crippen LogP contribution in [0.4, 0.5) is 0 Å². The summed E-state index contributed by atoms with van der Waals surface area (Å²) in [5.41, 5.74) is -0.748. The molecule has 0 radical (unpaired) electrons. The van der Waals surface area contributed by atoms with Gasteiger partial charge in [0.05, 0.1) is 23.3 Å². The number of hydrogen-bond acceptors (Lipinski definition) is 10. The lowest BCUT2D eigenvalue weighted by Gasteiger charge is -2.52. The van der Waals surface area contributed by atoms with Crippen LogP contribution in [0, 0.1) is 0 Å². The summed E-state index contributed by atoms with van der Waals surface area (Å²) >= 11 is 0. The van der Waals surface area contributed by atoms with E-state index in [9.17, 15) is 24.3 Å². The molecule has 0 spiro atoms. The lowest BCUT2D eigenvalue weighted by molar-refractivity contribution is -0.357. The number of esters is 3. The highest BCUT2D eigenvalue weighted by atomic mass is 16.7. The average Bonchev–Trinajstić information content (AvgIpc) is 3.19. The fraction of sp³-hybridized carbons (Fsp3) is 0.190. The molecular formula is C42H36O10. The Kier molecular flexibility index (Phi) is 11.0. The first-order valence-electron chi connectivity index (χ1n) is 16.6. The summed E-state index contributed by atoms with van der Waals surface area (Å²) in [6.45, 7) is 0.674. The van der Waals surface area contributed by atoms with Gasteiger partial charge in [-0.1, -0.05) is 115 Å². The van der Waals surface area contributed by atoms with Crippen LogP contribution in [-0.4, -0.2) is 65.1 Å². The van der Waals surface area contributed by atoms with Gasteiger partial charge < -0.3 is 28.8 Å². The predicted octanol–water partition coefficient (Wildman–Crippen LogP) is 6.24. The molecule has 1 fully saturated rings. The Morgan fingerprint density at radius 1 is 0.577 bits per heavy atom. The van der Waals surface area contributed by atoms with E-state index in [4.69, 9.17) is 23.7 Å². The van der Waals surface area contributed by atoms with Gasteiger partial charge in [-0.05, 0) is 48.9 Å². The van der Waals surface area contributed by atoms with E-state index in [2.05, 4.69) is 0 Å². The molecule has 0 saturated carbocycles. The molecule has 1 aliphatic rings. The molecule has 1 N–H and O–H groups in total. The largest absolute Gasteiger partial charge is 0.459 e. The average molecular weight is 701 g/mol. The number of rotatable bonds is 12. The van der Waals surface area contributed by atoms with Crippen LogP contribution in [0.1, 0.15) is 53.9 Å². The van der Waals surface area contributed by atoms with Crippen LogP contribution in [0.3, 0.4) is 0 Å². The molecular weight excluding hydrogens is 664 g/mol. The normalized spacial score (nSPS) is 22.5. The second kappa shape index (κ2) is 15.9. The standard InChI is InChI=1S/C42H36O10/c1-41(28-49-38(44)31-21-11-4-12-22-31)36(50-39(45)32-23-13-5-14-24-32)34(48-27-29-17-7-2-8-18-29)37(51-40(46)33-25-15-6-16-26-33)42(47,52-41)35(43)30-19-9-3-10-20-30/h2-26,34,36-37,47H,27-28H2,1H3/t34-,36-,37+,41+,42+/m0/s1. The number of benzene rings is 5. The van der Waals surface area contributed by atoms with E-state index in [1.54, 1.807) is 121 Å². The number of hydrogen-bond donors (Lipinski definition) is 1. The van der Waals surface area contributed by atoms with E-state index in [-0.39, 0.29) is 28.9 Å². The molecule has 1 saturated heterocycles. The third-order valence-electron chi connectivity index (χ3n) is 8.61. The van der Waals surface area contributed by atoms with E-state index >= 15 is 0 Å². The molecule has 0 aliphatic carbocycles. The van der Waals surface area contributed by atoms with Crippen molar-refractivity contribution in [2.45, 2.75) is 43.2 Å². The lowest BCUT2D eigenvalue weighted by Crippen LogP contribution is -2.74. The zero-order valence-electron chi connectivity index (χ0n) is 28.2. The van der Waals surface area contributed by atoms with Crippen LogP contribution in [0.2, 0.25) is 0 Å². The molecule has 0 bridgehead atoms. The molecule has 5 aromatic carbocycles. The quantitative estimate of drug-likeness (QED) is 0.0906. The Morgan fingerprint density at radius 2 is 0.981 bits per heavy atom. The molecule has 1 heterocycles. The van der Waals surface area contributed by atoms with Crippen LogP contribution >= 0.6 is 0 Å². The second-order valence-electron chi connectivity index (χ2n) is 12.4. The van der Waals surface area contributed by atoms with E-state index in [0.717, 1.165) is 0 Å². The van der Waals surface area contributed by atoms with Crippen molar-refractivity contribution >= 4 is 23.7 Å². The fourth-order valence-electron chi connectivity index (χ4n) is 5.95. The molecule has 10 heteroatoms. The monoisotopic (exact) mass is 700 g/mol. The Bertz CT molecular complexity index is 1970. The van der Waals surface area contributed by atoms with Gasteiger partial charge in [-0.25, -0.2) is 14.4 Å². The first kappa shape index (κ1) is 35.9. The van der Waals surface area contributed by atoms with Gasteiger partial charge in [0.1, 0.15) is 18.3 Å². The molecule has 5 atom stereocenters. The molecule has 52 heavy (non-hydrogen) atoms. The summed E-state index contributed by atoms with van der Waals surface area (Å²) in [5, 5.41) is 12.6. The van der Waals surface area contributed by atoms with Crippen LogP contribution in [0.25, 0.3) is 0 Å². The summed E-state index contributed by atoms with van der Waals surface area (Å²) < 4.78 is 30.6. The minimum Gasteiger partial charge on any atom is -0.459 e. The molecule has 1 aliphatic heterocycles. The summed E-state index contributed by atoms with van der Waals surface area (Å²) in [4.78, 5) is 55.2. The van der Waals surface area contributed by atoms with Crippen molar-refractivity contribution < 1.29 is 48.0 Å². The molecule has 0 aromatic heterocycles. The maximum atomic E-state index is 14.4. The van der Waals surface area contributed by atoms with E-state index in [0.29, 0.717) is 5.56 Å². The van der Waals surface area contributed by atoms with Gasteiger partial charge in [0.25, 0.3) is 5.79 Å². The zero-order chi connectivity index (χ0) is 36.6. The SMILES string of the molecule is C[C@]1(COC(=O)c2ccccc2)O[C@](O)(C(=O)c2ccccc2)[C@H](OC(=O)c2ccccc2)[C@@H](OCc2ccccc2)[C@@H]1OC(=O)c1ccccc1. The van der Waals surface area contributed by atoms with Crippen LogP contribution in [0.15, 0.2) is 152 Å². The van der Waals surface area contributed by atoms with Crippen LogP contribution in [-0.2, 0) is 30.3 Å². The fourth-order valence-corrected chi connectivity index (χ4v) is 5.95. The summed E-state index contributed by atoms with van der Waals surface area (Å²) in [7, 11) is 0. The highest BCUT2D eigenvalue weighted by Gasteiger charge is 2.66. The molecule has 10 nitrogen and oxygen atoms in total. The third kappa shape index (κ3) is 8.00. The van der Waals surface area contributed by atoms with Crippen molar-refractivity contribution in [2.75, 3.05) is 6.61 Å². The van der Waals surface area contributed by atoms with E-state index < -0.39 is 60.0 Å². The minimum absolute atomic E-state index is 0.0240. The third-order valence-corrected chi connectivity index (χ3v) is 8.61. The van der Waals surface area contributed by atoms with Gasteiger partial charge in [0.15, 0.2) is 12.2 Å². The topological polar surface area (TPSA) is 135 Å². The van der Waals surface area contributed by atoms with Gasteiger partial charge in [-0.3, -0.25) is 4.79 Å². The Hall–Kier alpha value is -5.94. The van der Waals surface area contributed by atoms with E-state index in [1.165, 1.54) is 31.2 Å². The van der Waals surface area contributed by atoms with Gasteiger partial charge in [-0.2, -0.15) is 0 Å². The second-order valence-corrected chi connectivity index (χ2v) is 12.4. The molecule has 5 aromatic rings. The zero-order valence-corrected chi connectivity index (χ0v) is 28.2. The summed E-state index contributed by atoms with van der Waals surface area (Å²) in [6.07, 6.45) is -5.01. The van der Waals surface area contributed by atoms with Crippen LogP contribution in [0.5, 0.6) is 0 Å². The predicted molar refractivity (Wildman–Crippen MR) is 188 cm³/mol. The van der Waals surface area contributed by atoms with Gasteiger partial charge in [-0.15, -0.1) is 0 Å². The van der Waals surface area contributed by atoms with Crippen molar-refractivity contribution in [1.29, 1.82) is 0 Å². The maximum absolute atomic E-state index is 14.4. The minimum atomic E-state index is -2.95. The molecule has 0 unspecified atom stereocenters. The number of ketones is 1. The van der Waals surface area contributed by atoms with E-state index in [1.807, 2.05) is 6.07 Å². The number of ether oxygens (including phenoxy) is 5. The molecule has 264 valence electrons. The number of carbonyl (C=O) groups is 4. The Labute approximate surface area is 300 Å². The van der Waals surface area contributed by atoms with Crippen molar-refractivity contribution in [3.63, 3.8) is 0 Å². The van der Waals surface area contributed by atoms with Crippen molar-refractivity contribution in [2.24, 2.45) is 0 Å². The highest BCUT2D eigenvalue weighted by molar-refractivity contribution is 6.02. The van der Waals surface area contributed by atoms with Crippen molar-refractivity contribution in [1.82, 2.24) is 0 Å². The van der Waals surface area contributed by atoms with Crippen molar-refractivity contribution in [3.05, 3.63) is 179 Å². The number of Topliss-reactive ketones (excluding diaryl/α,β-unsaturated/α-hetero) is 1. The summed E-state index contributed by atoms with van der Waals surface area (Å²) in [5.74, 6) is -6.38. The number of carbonyl (C=O) groups excluding carboxylic acids is 4. The maximum Gasteiger partial charge on any atom is 0.338 e. The first-order valence-corrected chi connectivity index (χ1v) is 16.6. The van der Waals surface area contributed by atoms with Crippen LogP contribution < -0.4 is 0 Å². The van der Waals surface area contributed by atoms with Crippen molar-refractivity contribution in [3.8, 4) is 0 Å². The highest BCUT2D eigenvalue weighted by Crippen LogP contribution is 2.43. The van der Waals surface area contributed by atoms with Gasteiger partial charge in [0.2, 0.25) is 5.78 Å². The van der Waals surface area contributed by atoms with Gasteiger partial charge in [0, 0.05) is 5.56 Å². The molecule has 6 rings (SSSR count). The smallest absolute Gasteiger partial charge is 0.338 e. The lowest BCUT2D eigenvalue weighted by atomic mass is 9.81. The summed E-state index contributed by atoms with van der Waals surface area (Å²) in [6, 6.07) is 41.1. The molecule has 0 amide bonds. The number of aliphatic hydroxyl groups is 1. The Morgan fingerprint density at radius 3 is 1.46 bits per heavy atom. The van der Waals surface area contributed by atoms with Gasteiger partial charge >= 0.3 is 17.9 Å². The Balaban J connectivity index is 1.48. The first-order chi connectivity index (χ1) is 25.2.